The molecule has 15 N–H and O–H groups in total. The lowest BCUT2D eigenvalue weighted by Crippen LogP contribution is -2.61. The van der Waals surface area contributed by atoms with Crippen molar-refractivity contribution >= 4 is 70.9 Å². The normalized spacial score (nSPS) is 21.2. The molecule has 1 aromatic carbocycles. The van der Waals surface area contributed by atoms with Crippen LogP contribution in [0, 0.1) is 11.8 Å². The molecule has 25 heteroatoms. The zero-order valence-electron chi connectivity index (χ0n) is 37.5. The number of nitrogens with two attached hydrogens (primary N) is 3. The molecule has 0 radical (unpaired) electrons. The monoisotopic (exact) mass is 930 g/mol. The number of carbonyl (C=O) groups excluding carboxylic acids is 12. The van der Waals surface area contributed by atoms with Crippen LogP contribution in [-0.2, 0) is 64.0 Å². The number of hydrogen-bond acceptors (Lipinski definition) is 13. The SMILES string of the molecule is CC[C@H](C)[C@@H]1NC(=O)[C@H](Cc2ccc(O)cc2)NC(=O)CNC(=O)CC[C@@H](C(=O)N(C)CC(=O)N[C@H](C(=O)NCC(N)=O)C(C)C)NC(=O)[C@H](CC(N)=O)NC(=O)[C@H](CCC(N)=O)NC1=O. The van der Waals surface area contributed by atoms with Gasteiger partial charge in [0.15, 0.2) is 0 Å². The second kappa shape index (κ2) is 26.4. The van der Waals surface area contributed by atoms with Crippen molar-refractivity contribution in [1.82, 2.24) is 47.4 Å². The minimum absolute atomic E-state index is 0.0726. The van der Waals surface area contributed by atoms with Crippen molar-refractivity contribution in [3.8, 4) is 5.75 Å². The van der Waals surface area contributed by atoms with E-state index < -0.39 is 171 Å². The van der Waals surface area contributed by atoms with Gasteiger partial charge in [0.1, 0.15) is 42.0 Å². The number of rotatable bonds is 17. The van der Waals surface area contributed by atoms with E-state index in [1.807, 2.05) is 0 Å². The Balaban J connectivity index is 2.59. The number of benzene rings is 1. The zero-order valence-corrected chi connectivity index (χ0v) is 37.5. The highest BCUT2D eigenvalue weighted by Crippen LogP contribution is 2.14. The molecule has 7 atom stereocenters. The lowest BCUT2D eigenvalue weighted by atomic mass is 9.96. The lowest BCUT2D eigenvalue weighted by molar-refractivity contribution is -0.140. The molecular weight excluding hydrogens is 869 g/mol. The first kappa shape index (κ1) is 54.8. The minimum Gasteiger partial charge on any atom is -0.508 e. The molecule has 66 heavy (non-hydrogen) atoms. The lowest BCUT2D eigenvalue weighted by Gasteiger charge is -2.29. The molecule has 1 aliphatic rings. The van der Waals surface area contributed by atoms with Crippen molar-refractivity contribution in [3.05, 3.63) is 29.8 Å². The Morgan fingerprint density at radius 1 is 0.773 bits per heavy atom. The maximum atomic E-state index is 14.0. The molecule has 2 rings (SSSR count). The van der Waals surface area contributed by atoms with Crippen molar-refractivity contribution in [3.63, 3.8) is 0 Å². The molecule has 1 aliphatic heterocycles. The largest absolute Gasteiger partial charge is 0.508 e. The van der Waals surface area contributed by atoms with Crippen LogP contribution >= 0.6 is 0 Å². The molecule has 1 fully saturated rings. The number of nitrogens with one attached hydrogen (secondary N) is 8. The summed E-state index contributed by atoms with van der Waals surface area (Å²) in [5.74, 6) is -12.3. The first-order chi connectivity index (χ1) is 30.9. The molecule has 12 amide bonds. The Morgan fingerprint density at radius 3 is 1.95 bits per heavy atom. The summed E-state index contributed by atoms with van der Waals surface area (Å²) >= 11 is 0. The fourth-order valence-electron chi connectivity index (χ4n) is 6.45. The smallest absolute Gasteiger partial charge is 0.245 e. The van der Waals surface area contributed by atoms with Gasteiger partial charge in [-0.05, 0) is 42.4 Å². The van der Waals surface area contributed by atoms with Crippen LogP contribution in [-0.4, -0.2) is 144 Å². The van der Waals surface area contributed by atoms with E-state index in [4.69, 9.17) is 17.2 Å². The van der Waals surface area contributed by atoms with Gasteiger partial charge in [0.25, 0.3) is 0 Å². The third-order valence-electron chi connectivity index (χ3n) is 10.4. The maximum Gasteiger partial charge on any atom is 0.245 e. The standard InChI is InChI=1S/C41H62N12O13/c1-6-21(4)35-40(65)48-24(11-13-28(42)55)36(61)50-27(16-29(43)56)37(62)49-25(41(66)53(5)19-33(60)51-34(20(2)3)39(64)46-17-30(44)57)12-14-31(58)45-18-32(59)47-26(38(63)52-35)15-22-7-9-23(54)10-8-22/h7-10,20-21,24-27,34-35,54H,6,11-19H2,1-5H3,(H2,42,55)(H2,43,56)(H2,44,57)(H,45,58)(H,46,64)(H,47,59)(H,48,65)(H,49,62)(H,50,61)(H,51,60)(H,52,63)/t21-,24-,25-,26-,27-,34-,35-/m0/s1. The van der Waals surface area contributed by atoms with Crippen LogP contribution < -0.4 is 59.7 Å². The number of likely N-dealkylation sites (N-methyl/N-ethyl adjacent to an activating group) is 1. The van der Waals surface area contributed by atoms with Gasteiger partial charge in [0.2, 0.25) is 70.9 Å². The maximum absolute atomic E-state index is 14.0. The summed E-state index contributed by atoms with van der Waals surface area (Å²) in [6, 6.07) is -3.29. The van der Waals surface area contributed by atoms with E-state index in [2.05, 4.69) is 42.5 Å². The Hall–Kier alpha value is -7.34. The highest BCUT2D eigenvalue weighted by molar-refractivity contribution is 5.99. The summed E-state index contributed by atoms with van der Waals surface area (Å²) in [6.45, 7) is 4.64. The van der Waals surface area contributed by atoms with E-state index in [0.29, 0.717) is 12.0 Å². The van der Waals surface area contributed by atoms with Crippen molar-refractivity contribution in [2.24, 2.45) is 29.0 Å². The Labute approximate surface area is 380 Å². The van der Waals surface area contributed by atoms with E-state index >= 15 is 0 Å². The number of primary amides is 3. The molecule has 0 unspecified atom stereocenters. The van der Waals surface area contributed by atoms with Gasteiger partial charge in [-0.3, -0.25) is 57.5 Å². The van der Waals surface area contributed by atoms with Gasteiger partial charge in [-0.1, -0.05) is 46.2 Å². The van der Waals surface area contributed by atoms with Gasteiger partial charge >= 0.3 is 0 Å². The molecule has 0 saturated carbocycles. The molecule has 1 heterocycles. The second-order valence-electron chi connectivity index (χ2n) is 16.2. The molecule has 1 saturated heterocycles. The predicted octanol–water partition coefficient (Wildman–Crippen LogP) is -5.34. The van der Waals surface area contributed by atoms with E-state index in [9.17, 15) is 62.6 Å². The molecule has 1 aromatic rings. The van der Waals surface area contributed by atoms with E-state index in [1.54, 1.807) is 27.7 Å². The Kier molecular flexibility index (Phi) is 22.0. The summed E-state index contributed by atoms with van der Waals surface area (Å²) in [4.78, 5) is 158. The summed E-state index contributed by atoms with van der Waals surface area (Å²) in [5, 5.41) is 29.2. The van der Waals surface area contributed by atoms with Gasteiger partial charge in [-0.15, -0.1) is 0 Å². The van der Waals surface area contributed by atoms with Gasteiger partial charge < -0.3 is 69.7 Å². The quantitative estimate of drug-likeness (QED) is 0.0696. The predicted molar refractivity (Wildman–Crippen MR) is 232 cm³/mol. The molecule has 0 spiro atoms. The van der Waals surface area contributed by atoms with Crippen LogP contribution in [0.2, 0.25) is 0 Å². The minimum atomic E-state index is -1.83. The second-order valence-corrected chi connectivity index (χ2v) is 16.2. The highest BCUT2D eigenvalue weighted by Gasteiger charge is 2.36. The van der Waals surface area contributed by atoms with Crippen LogP contribution in [0.3, 0.4) is 0 Å². The third-order valence-corrected chi connectivity index (χ3v) is 10.4. The topological polar surface area (TPSA) is 403 Å². The molecule has 25 nitrogen and oxygen atoms in total. The number of aromatic hydroxyl groups is 1. The summed E-state index contributed by atoms with van der Waals surface area (Å²) in [5.41, 5.74) is 16.4. The third kappa shape index (κ3) is 18.8. The first-order valence-electron chi connectivity index (χ1n) is 21.1. The van der Waals surface area contributed by atoms with Crippen LogP contribution in [0.1, 0.15) is 71.8 Å². The molecule has 0 aromatic heterocycles. The van der Waals surface area contributed by atoms with Crippen LogP contribution in [0.15, 0.2) is 24.3 Å². The van der Waals surface area contributed by atoms with Gasteiger partial charge in [0.05, 0.1) is 26.1 Å². The van der Waals surface area contributed by atoms with Crippen molar-refractivity contribution in [2.45, 2.75) is 109 Å². The van der Waals surface area contributed by atoms with E-state index in [1.165, 1.54) is 31.3 Å². The number of hydrogen-bond donors (Lipinski definition) is 12. The summed E-state index contributed by atoms with van der Waals surface area (Å²) in [6.07, 6.45) is -2.61. The summed E-state index contributed by atoms with van der Waals surface area (Å²) < 4.78 is 0. The zero-order chi connectivity index (χ0) is 49.8. The molecule has 0 bridgehead atoms. The Morgan fingerprint density at radius 2 is 1.38 bits per heavy atom. The van der Waals surface area contributed by atoms with Crippen molar-refractivity contribution in [2.75, 3.05) is 26.7 Å². The first-order valence-corrected chi connectivity index (χ1v) is 21.1. The average Bonchev–Trinajstić information content (AvgIpc) is 3.24. The number of nitrogens with zero attached hydrogens (tertiary/aromatic N) is 1. The Bertz CT molecular complexity index is 1980. The van der Waals surface area contributed by atoms with Crippen molar-refractivity contribution in [1.29, 1.82) is 0 Å². The fourth-order valence-corrected chi connectivity index (χ4v) is 6.45. The molecule has 0 aliphatic carbocycles. The van der Waals surface area contributed by atoms with Crippen LogP contribution in [0.4, 0.5) is 0 Å². The fraction of sp³-hybridized carbons (Fsp3) is 0.561. The van der Waals surface area contributed by atoms with Gasteiger partial charge in [0, 0.05) is 26.3 Å². The number of phenols is 1. The number of amides is 12. The van der Waals surface area contributed by atoms with Crippen LogP contribution in [0.25, 0.3) is 0 Å². The average molecular weight is 931 g/mol. The van der Waals surface area contributed by atoms with Crippen LogP contribution in [0.5, 0.6) is 5.75 Å². The van der Waals surface area contributed by atoms with Crippen molar-refractivity contribution < 1.29 is 62.6 Å². The van der Waals surface area contributed by atoms with E-state index in [0.717, 1.165) is 4.90 Å². The van der Waals surface area contributed by atoms with Gasteiger partial charge in [-0.25, -0.2) is 0 Å². The highest BCUT2D eigenvalue weighted by atomic mass is 16.3. The molecular formula is C41H62N12O13. The number of carbonyl (C=O) groups is 12. The molecule has 364 valence electrons. The van der Waals surface area contributed by atoms with E-state index in [-0.39, 0.29) is 12.2 Å². The van der Waals surface area contributed by atoms with Gasteiger partial charge in [-0.2, -0.15) is 0 Å². The summed E-state index contributed by atoms with van der Waals surface area (Å²) in [7, 11) is 1.17. The number of phenolic OH excluding ortho intramolecular Hbond substituents is 1.